The fraction of sp³-hybridized carbons (Fsp3) is 0.667. The predicted molar refractivity (Wildman–Crippen MR) is 40.9 cm³/mol. The summed E-state index contributed by atoms with van der Waals surface area (Å²) in [6, 6.07) is 0. The van der Waals surface area contributed by atoms with Gasteiger partial charge in [-0.25, -0.2) is 0 Å². The molecule has 0 heterocycles. The van der Waals surface area contributed by atoms with Crippen molar-refractivity contribution in [3.63, 3.8) is 0 Å². The van der Waals surface area contributed by atoms with Crippen molar-refractivity contribution in [2.45, 2.75) is 20.4 Å². The lowest BCUT2D eigenvalue weighted by molar-refractivity contribution is 0.151. The molecule has 0 amide bonds. The molecule has 2 nitrogen and oxygen atoms in total. The van der Waals surface area contributed by atoms with Gasteiger partial charge in [-0.15, -0.1) is 0 Å². The van der Waals surface area contributed by atoms with E-state index in [0.29, 0.717) is 5.95 Å². The van der Waals surface area contributed by atoms with Crippen molar-refractivity contribution in [2.24, 2.45) is 0 Å². The molecule has 0 atom stereocenters. The van der Waals surface area contributed by atoms with Crippen molar-refractivity contribution < 1.29 is 9.16 Å². The first-order valence-corrected chi connectivity index (χ1v) is 5.05. The molecule has 0 fully saturated rings. The van der Waals surface area contributed by atoms with Crippen molar-refractivity contribution in [3.05, 3.63) is 11.5 Å². The minimum atomic E-state index is -0.370. The van der Waals surface area contributed by atoms with E-state index in [1.165, 1.54) is 0 Å². The van der Waals surface area contributed by atoms with Gasteiger partial charge in [-0.2, -0.15) is 0 Å². The monoisotopic (exact) mass is 146 g/mol. The van der Waals surface area contributed by atoms with E-state index in [1.807, 2.05) is 13.8 Å². The third-order valence-corrected chi connectivity index (χ3v) is 1.42. The zero-order valence-corrected chi connectivity index (χ0v) is 7.94. The van der Waals surface area contributed by atoms with Gasteiger partial charge in [0.15, 0.2) is 0 Å². The first kappa shape index (κ1) is 8.56. The minimum absolute atomic E-state index is 0.370. The molecule has 0 aliphatic carbocycles. The van der Waals surface area contributed by atoms with Crippen LogP contribution in [0, 0.1) is 0 Å². The van der Waals surface area contributed by atoms with Gasteiger partial charge < -0.3 is 9.16 Å². The van der Waals surface area contributed by atoms with Crippen LogP contribution in [0.3, 0.4) is 0 Å². The van der Waals surface area contributed by atoms with E-state index in [2.05, 4.69) is 6.55 Å². The molecular weight excluding hydrogens is 132 g/mol. The Morgan fingerprint density at radius 1 is 1.33 bits per heavy atom. The Balaban J connectivity index is 3.83. The van der Waals surface area contributed by atoms with Gasteiger partial charge in [0.2, 0.25) is 9.76 Å². The number of ether oxygens (including phenoxy) is 1. The number of hydrogen-bond donors (Lipinski definition) is 0. The Bertz CT molecular complexity index is 106. The number of hydrogen-bond acceptors (Lipinski definition) is 2. The lowest BCUT2D eigenvalue weighted by atomic mass is 10.4. The van der Waals surface area contributed by atoms with Crippen molar-refractivity contribution >= 4 is 9.76 Å². The van der Waals surface area contributed by atoms with Gasteiger partial charge in [0.25, 0.3) is 5.95 Å². The molecule has 0 aromatic heterocycles. The van der Waals surface area contributed by atoms with E-state index >= 15 is 0 Å². The molecule has 0 aromatic rings. The molecule has 0 bridgehead atoms. The van der Waals surface area contributed by atoms with Crippen molar-refractivity contribution in [2.75, 3.05) is 7.11 Å². The van der Waals surface area contributed by atoms with E-state index < -0.39 is 0 Å². The summed E-state index contributed by atoms with van der Waals surface area (Å²) >= 11 is 0. The van der Waals surface area contributed by atoms with Crippen LogP contribution in [0.25, 0.3) is 0 Å². The van der Waals surface area contributed by atoms with Gasteiger partial charge in [-0.3, -0.25) is 0 Å². The topological polar surface area (TPSA) is 18.5 Å². The minimum Gasteiger partial charge on any atom is -0.525 e. The molecule has 0 aliphatic rings. The van der Waals surface area contributed by atoms with Crippen LogP contribution in [0.4, 0.5) is 0 Å². The lowest BCUT2D eigenvalue weighted by Crippen LogP contribution is -1.98. The van der Waals surface area contributed by atoms with Gasteiger partial charge in [0.1, 0.15) is 0 Å². The average molecular weight is 146 g/mol. The second-order valence-electron chi connectivity index (χ2n) is 1.92. The largest absolute Gasteiger partial charge is 0.525 e. The Morgan fingerprint density at radius 2 is 1.89 bits per heavy atom. The zero-order valence-electron chi connectivity index (χ0n) is 6.52. The Hall–Kier alpha value is -0.443. The molecule has 0 rings (SSSR count). The van der Waals surface area contributed by atoms with Crippen LogP contribution in [0.15, 0.2) is 11.5 Å². The van der Waals surface area contributed by atoms with Gasteiger partial charge in [-0.1, -0.05) is 0 Å². The summed E-state index contributed by atoms with van der Waals surface area (Å²) in [4.78, 5) is 0. The zero-order chi connectivity index (χ0) is 7.28. The van der Waals surface area contributed by atoms with E-state index in [-0.39, 0.29) is 9.76 Å². The highest BCUT2D eigenvalue weighted by Gasteiger charge is 1.95. The van der Waals surface area contributed by atoms with Crippen LogP contribution in [-0.4, -0.2) is 16.9 Å². The molecule has 3 heteroatoms. The Kier molecular flexibility index (Phi) is 4.22. The van der Waals surface area contributed by atoms with Crippen molar-refractivity contribution in [1.82, 2.24) is 0 Å². The highest BCUT2D eigenvalue weighted by molar-refractivity contribution is 6.25. The van der Waals surface area contributed by atoms with Gasteiger partial charge >= 0.3 is 0 Å². The molecule has 0 N–H and O–H groups in total. The molecule has 0 saturated heterocycles. The van der Waals surface area contributed by atoms with Crippen molar-refractivity contribution in [1.29, 1.82) is 0 Å². The van der Waals surface area contributed by atoms with Crippen LogP contribution in [0.2, 0.25) is 6.55 Å². The maximum absolute atomic E-state index is 5.25. The summed E-state index contributed by atoms with van der Waals surface area (Å²) in [7, 11) is 1.26. The first-order chi connectivity index (χ1) is 4.22. The highest BCUT2D eigenvalue weighted by atomic mass is 28.2. The molecule has 54 valence electrons. The maximum atomic E-state index is 5.25. The van der Waals surface area contributed by atoms with E-state index in [9.17, 15) is 0 Å². The Labute approximate surface area is 58.8 Å². The number of allylic oxidation sites excluding steroid dienone is 1. The van der Waals surface area contributed by atoms with Crippen LogP contribution in [-0.2, 0) is 9.16 Å². The third kappa shape index (κ3) is 3.19. The lowest BCUT2D eigenvalue weighted by Gasteiger charge is -2.07. The van der Waals surface area contributed by atoms with Gasteiger partial charge in [-0.05, 0) is 20.4 Å². The number of methoxy groups -OCH3 is 1. The highest BCUT2D eigenvalue weighted by Crippen LogP contribution is 2.03. The van der Waals surface area contributed by atoms with E-state index in [4.69, 9.17) is 9.16 Å². The fourth-order valence-electron chi connectivity index (χ4n) is 0.538. The van der Waals surface area contributed by atoms with Gasteiger partial charge in [0.05, 0.1) is 7.11 Å². The quantitative estimate of drug-likeness (QED) is 0.437. The molecule has 0 aliphatic heterocycles. The second kappa shape index (κ2) is 4.44. The number of rotatable bonds is 3. The van der Waals surface area contributed by atoms with Crippen molar-refractivity contribution in [3.8, 4) is 0 Å². The molecule has 0 radical (unpaired) electrons. The van der Waals surface area contributed by atoms with Crippen LogP contribution in [0.1, 0.15) is 13.8 Å². The Morgan fingerprint density at radius 3 is 2.00 bits per heavy atom. The summed E-state index contributed by atoms with van der Waals surface area (Å²) in [5.74, 6) is 0.698. The SMILES string of the molecule is COC(O[SiH2]C)=C(C)C. The normalized spacial score (nSPS) is 9.78. The maximum Gasteiger partial charge on any atom is 0.263 e. The first-order valence-electron chi connectivity index (χ1n) is 3.06. The molecule has 0 aromatic carbocycles. The molecule has 0 unspecified atom stereocenters. The summed E-state index contributed by atoms with van der Waals surface area (Å²) < 4.78 is 10.2. The standard InChI is InChI=1S/C6H14O2Si/c1-5(2)6(7-3)8-9-4/h9H2,1-4H3. The smallest absolute Gasteiger partial charge is 0.263 e. The van der Waals surface area contributed by atoms with E-state index in [1.54, 1.807) is 7.11 Å². The summed E-state index contributed by atoms with van der Waals surface area (Å²) in [5.41, 5.74) is 1.10. The summed E-state index contributed by atoms with van der Waals surface area (Å²) in [5, 5.41) is 0. The second-order valence-corrected chi connectivity index (χ2v) is 2.79. The van der Waals surface area contributed by atoms with Crippen LogP contribution >= 0.6 is 0 Å². The van der Waals surface area contributed by atoms with E-state index in [0.717, 1.165) is 5.57 Å². The fourth-order valence-corrected chi connectivity index (χ4v) is 1.21. The molecule has 0 saturated carbocycles. The molecular formula is C6H14O2Si. The predicted octanol–water partition coefficient (Wildman–Crippen LogP) is 1.03. The third-order valence-electron chi connectivity index (χ3n) is 0.869. The molecule has 9 heavy (non-hydrogen) atoms. The summed E-state index contributed by atoms with van der Waals surface area (Å²) in [6.07, 6.45) is 0. The van der Waals surface area contributed by atoms with Crippen LogP contribution < -0.4 is 0 Å². The van der Waals surface area contributed by atoms with Gasteiger partial charge in [0, 0.05) is 5.57 Å². The summed E-state index contributed by atoms with van der Waals surface area (Å²) in [6.45, 7) is 6.02. The molecule has 0 spiro atoms. The average Bonchev–Trinajstić information content (AvgIpc) is 1.82. The van der Waals surface area contributed by atoms with Crippen LogP contribution in [0.5, 0.6) is 0 Å².